The molecule has 0 unspecified atom stereocenters. The lowest BCUT2D eigenvalue weighted by Gasteiger charge is -2.02. The molecule has 0 fully saturated rings. The number of methoxy groups -OCH3 is 1. The Labute approximate surface area is 135 Å². The number of esters is 2. The van der Waals surface area contributed by atoms with Crippen LogP contribution in [0, 0.1) is 0 Å². The van der Waals surface area contributed by atoms with Crippen LogP contribution >= 0.6 is 0 Å². The van der Waals surface area contributed by atoms with Gasteiger partial charge in [0.15, 0.2) is 0 Å². The van der Waals surface area contributed by atoms with Gasteiger partial charge in [-0.3, -0.25) is 14.6 Å². The number of aliphatic imine (C=N–C) groups is 1. The van der Waals surface area contributed by atoms with Crippen molar-refractivity contribution < 1.29 is 23.8 Å². The minimum absolute atomic E-state index is 0.0257. The molecular weight excluding hydrogens is 298 g/mol. The van der Waals surface area contributed by atoms with E-state index in [4.69, 9.17) is 14.2 Å². The van der Waals surface area contributed by atoms with Crippen molar-refractivity contribution in [2.45, 2.75) is 13.8 Å². The average molecular weight is 317 g/mol. The molecule has 0 atom stereocenters. The first-order valence-electron chi connectivity index (χ1n) is 6.88. The smallest absolute Gasteiger partial charge is 0.308 e. The van der Waals surface area contributed by atoms with E-state index in [0.29, 0.717) is 0 Å². The summed E-state index contributed by atoms with van der Waals surface area (Å²) >= 11 is 0. The number of rotatable bonds is 7. The third kappa shape index (κ3) is 8.21. The van der Waals surface area contributed by atoms with Crippen LogP contribution in [0.3, 0.4) is 0 Å². The van der Waals surface area contributed by atoms with E-state index in [9.17, 15) is 9.59 Å². The first kappa shape index (κ1) is 18.2. The number of allylic oxidation sites excluding steroid dienone is 2. The standard InChI is InChI=1S/C17H19NO5/c1-13(19)22-12-10-17(23-14(2)20)5-4-11-18-15-6-8-16(21-3)9-7-15/h4-11H,12H2,1-3H3/b5-4+,17-10-,18-11?. The lowest BCUT2D eigenvalue weighted by Crippen LogP contribution is -2.02. The molecule has 0 spiro atoms. The van der Waals surface area contributed by atoms with Gasteiger partial charge in [-0.25, -0.2) is 0 Å². The van der Waals surface area contributed by atoms with Crippen LogP contribution < -0.4 is 4.74 Å². The van der Waals surface area contributed by atoms with Gasteiger partial charge in [-0.2, -0.15) is 0 Å². The molecule has 0 aliphatic heterocycles. The summed E-state index contributed by atoms with van der Waals surface area (Å²) in [6.07, 6.45) is 6.22. The molecule has 0 saturated carbocycles. The van der Waals surface area contributed by atoms with Crippen molar-refractivity contribution in [3.63, 3.8) is 0 Å². The van der Waals surface area contributed by atoms with E-state index in [1.807, 2.05) is 12.1 Å². The Morgan fingerprint density at radius 3 is 2.39 bits per heavy atom. The number of nitrogens with zero attached hydrogens (tertiary/aromatic N) is 1. The molecule has 0 heterocycles. The van der Waals surface area contributed by atoms with Gasteiger partial charge in [-0.15, -0.1) is 0 Å². The molecule has 1 aromatic carbocycles. The van der Waals surface area contributed by atoms with Crippen molar-refractivity contribution in [2.75, 3.05) is 13.7 Å². The summed E-state index contributed by atoms with van der Waals surface area (Å²) in [5.41, 5.74) is 0.758. The molecular formula is C17H19NO5. The molecule has 0 aromatic heterocycles. The Morgan fingerprint density at radius 2 is 1.83 bits per heavy atom. The van der Waals surface area contributed by atoms with E-state index in [-0.39, 0.29) is 12.4 Å². The number of hydrogen-bond acceptors (Lipinski definition) is 6. The summed E-state index contributed by atoms with van der Waals surface area (Å²) in [6.45, 7) is 2.62. The summed E-state index contributed by atoms with van der Waals surface area (Å²) in [5.74, 6) is 0.161. The van der Waals surface area contributed by atoms with Crippen molar-refractivity contribution in [1.29, 1.82) is 0 Å². The van der Waals surface area contributed by atoms with E-state index in [0.717, 1.165) is 11.4 Å². The van der Waals surface area contributed by atoms with Gasteiger partial charge in [-0.05, 0) is 42.5 Å². The molecule has 6 heteroatoms. The van der Waals surface area contributed by atoms with E-state index in [1.54, 1.807) is 37.6 Å². The second-order valence-corrected chi connectivity index (χ2v) is 4.34. The van der Waals surface area contributed by atoms with Crippen molar-refractivity contribution >= 4 is 23.8 Å². The Bertz CT molecular complexity index is 614. The topological polar surface area (TPSA) is 74.2 Å². The summed E-state index contributed by atoms with van der Waals surface area (Å²) in [6, 6.07) is 7.23. The molecule has 1 aromatic rings. The normalized spacial score (nSPS) is 11.7. The van der Waals surface area contributed by atoms with Crippen LogP contribution in [0.1, 0.15) is 13.8 Å². The van der Waals surface area contributed by atoms with E-state index < -0.39 is 11.9 Å². The molecule has 0 amide bonds. The summed E-state index contributed by atoms with van der Waals surface area (Å²) < 4.78 is 14.8. The summed E-state index contributed by atoms with van der Waals surface area (Å²) in [4.78, 5) is 25.9. The van der Waals surface area contributed by atoms with Gasteiger partial charge in [0.1, 0.15) is 18.1 Å². The zero-order chi connectivity index (χ0) is 17.1. The highest BCUT2D eigenvalue weighted by molar-refractivity contribution is 5.75. The predicted molar refractivity (Wildman–Crippen MR) is 86.8 cm³/mol. The van der Waals surface area contributed by atoms with Gasteiger partial charge >= 0.3 is 11.9 Å². The van der Waals surface area contributed by atoms with Crippen LogP contribution in [-0.2, 0) is 19.1 Å². The van der Waals surface area contributed by atoms with Crippen LogP contribution in [0.4, 0.5) is 5.69 Å². The second kappa shape index (κ2) is 9.94. The molecule has 0 radical (unpaired) electrons. The van der Waals surface area contributed by atoms with E-state index in [1.165, 1.54) is 19.9 Å². The van der Waals surface area contributed by atoms with E-state index >= 15 is 0 Å². The maximum absolute atomic E-state index is 11.0. The van der Waals surface area contributed by atoms with Crippen LogP contribution in [0.15, 0.2) is 53.2 Å². The molecule has 6 nitrogen and oxygen atoms in total. The molecule has 0 aliphatic rings. The Hall–Kier alpha value is -2.89. The molecule has 0 bridgehead atoms. The quantitative estimate of drug-likeness (QED) is 0.334. The van der Waals surface area contributed by atoms with Crippen molar-refractivity contribution in [2.24, 2.45) is 4.99 Å². The highest BCUT2D eigenvalue weighted by Crippen LogP contribution is 2.17. The van der Waals surface area contributed by atoms with Crippen LogP contribution in [0.2, 0.25) is 0 Å². The highest BCUT2D eigenvalue weighted by Gasteiger charge is 1.98. The van der Waals surface area contributed by atoms with Crippen LogP contribution in [-0.4, -0.2) is 31.9 Å². The van der Waals surface area contributed by atoms with Gasteiger partial charge in [0.25, 0.3) is 0 Å². The van der Waals surface area contributed by atoms with E-state index in [2.05, 4.69) is 4.99 Å². The van der Waals surface area contributed by atoms with Crippen LogP contribution in [0.5, 0.6) is 5.75 Å². The third-order valence-corrected chi connectivity index (χ3v) is 2.48. The summed E-state index contributed by atoms with van der Waals surface area (Å²) in [7, 11) is 1.60. The SMILES string of the molecule is COc1ccc(N=C/C=C/C(=C/COC(C)=O)OC(C)=O)cc1. The number of carbonyl (C=O) groups excluding carboxylic acids is 2. The number of carbonyl (C=O) groups is 2. The van der Waals surface area contributed by atoms with Crippen molar-refractivity contribution in [3.05, 3.63) is 48.3 Å². The lowest BCUT2D eigenvalue weighted by molar-refractivity contribution is -0.139. The third-order valence-electron chi connectivity index (χ3n) is 2.48. The fraction of sp³-hybridized carbons (Fsp3) is 0.235. The molecule has 0 saturated heterocycles. The molecule has 0 aliphatic carbocycles. The maximum atomic E-state index is 11.0. The van der Waals surface area contributed by atoms with Gasteiger partial charge in [0.2, 0.25) is 0 Å². The molecule has 1 rings (SSSR count). The number of hydrogen-bond donors (Lipinski definition) is 0. The number of ether oxygens (including phenoxy) is 3. The molecule has 122 valence electrons. The minimum Gasteiger partial charge on any atom is -0.497 e. The number of benzene rings is 1. The Kier molecular flexibility index (Phi) is 7.85. The maximum Gasteiger partial charge on any atom is 0.308 e. The fourth-order valence-corrected chi connectivity index (χ4v) is 1.49. The first-order valence-corrected chi connectivity index (χ1v) is 6.88. The zero-order valence-electron chi connectivity index (χ0n) is 13.3. The average Bonchev–Trinajstić information content (AvgIpc) is 2.51. The summed E-state index contributed by atoms with van der Waals surface area (Å²) in [5, 5.41) is 0. The fourth-order valence-electron chi connectivity index (χ4n) is 1.49. The second-order valence-electron chi connectivity index (χ2n) is 4.34. The predicted octanol–water partition coefficient (Wildman–Crippen LogP) is 2.96. The zero-order valence-corrected chi connectivity index (χ0v) is 13.3. The van der Waals surface area contributed by atoms with Crippen LogP contribution in [0.25, 0.3) is 0 Å². The lowest BCUT2D eigenvalue weighted by atomic mass is 10.3. The largest absolute Gasteiger partial charge is 0.497 e. The highest BCUT2D eigenvalue weighted by atomic mass is 16.5. The van der Waals surface area contributed by atoms with Gasteiger partial charge in [0, 0.05) is 20.1 Å². The van der Waals surface area contributed by atoms with Gasteiger partial charge < -0.3 is 14.2 Å². The van der Waals surface area contributed by atoms with Gasteiger partial charge in [-0.1, -0.05) is 0 Å². The monoisotopic (exact) mass is 317 g/mol. The molecule has 0 N–H and O–H groups in total. The van der Waals surface area contributed by atoms with Crippen molar-refractivity contribution in [3.8, 4) is 5.75 Å². The Morgan fingerprint density at radius 1 is 1.13 bits per heavy atom. The molecule has 23 heavy (non-hydrogen) atoms. The van der Waals surface area contributed by atoms with Gasteiger partial charge in [0.05, 0.1) is 12.8 Å². The minimum atomic E-state index is -0.462. The Balaban J connectivity index is 2.65. The van der Waals surface area contributed by atoms with Crippen molar-refractivity contribution in [1.82, 2.24) is 0 Å². The first-order chi connectivity index (χ1) is 11.0.